The van der Waals surface area contributed by atoms with E-state index in [1.165, 1.54) is 12.1 Å². The molecule has 2 heterocycles. The molecule has 0 spiro atoms. The lowest BCUT2D eigenvalue weighted by molar-refractivity contribution is -0.123. The zero-order valence-corrected chi connectivity index (χ0v) is 18.2. The van der Waals surface area contributed by atoms with Crippen molar-refractivity contribution in [2.75, 3.05) is 0 Å². The number of carbonyl (C=O) groups is 2. The molecule has 1 aromatic heterocycles. The van der Waals surface area contributed by atoms with Crippen molar-refractivity contribution in [3.05, 3.63) is 112 Å². The van der Waals surface area contributed by atoms with Gasteiger partial charge in [0, 0.05) is 28.7 Å². The summed E-state index contributed by atoms with van der Waals surface area (Å²) in [5, 5.41) is 4.13. The van der Waals surface area contributed by atoms with Gasteiger partial charge in [0.1, 0.15) is 11.5 Å². The van der Waals surface area contributed by atoms with E-state index in [4.69, 9.17) is 11.6 Å². The van der Waals surface area contributed by atoms with Crippen LogP contribution in [0.5, 0.6) is 0 Å². The molecule has 1 aliphatic heterocycles. The van der Waals surface area contributed by atoms with Gasteiger partial charge in [-0.15, -0.1) is 0 Å². The van der Waals surface area contributed by atoms with E-state index in [1.807, 2.05) is 47.2 Å². The molecule has 0 radical (unpaired) electrons. The van der Waals surface area contributed by atoms with Crippen molar-refractivity contribution in [1.82, 2.24) is 14.8 Å². The first-order chi connectivity index (χ1) is 16.0. The number of hydrogen-bond acceptors (Lipinski definition) is 2. The number of hydrogen-bond donors (Lipinski definition) is 1. The van der Waals surface area contributed by atoms with Crippen LogP contribution in [0.25, 0.3) is 17.0 Å². The Kier molecular flexibility index (Phi) is 5.44. The highest BCUT2D eigenvalue weighted by atomic mass is 35.5. The van der Waals surface area contributed by atoms with E-state index in [9.17, 15) is 14.0 Å². The number of aromatic nitrogens is 1. The Bertz CT molecular complexity index is 1430. The molecule has 5 rings (SSSR count). The molecule has 3 aromatic carbocycles. The van der Waals surface area contributed by atoms with Crippen molar-refractivity contribution in [2.45, 2.75) is 13.1 Å². The van der Waals surface area contributed by atoms with Crippen LogP contribution in [0, 0.1) is 5.82 Å². The van der Waals surface area contributed by atoms with Crippen LogP contribution in [0.3, 0.4) is 0 Å². The molecule has 0 atom stereocenters. The quantitative estimate of drug-likeness (QED) is 0.313. The molecule has 0 saturated carbocycles. The summed E-state index contributed by atoms with van der Waals surface area (Å²) < 4.78 is 15.5. The number of urea groups is 1. The molecule has 1 aliphatic rings. The summed E-state index contributed by atoms with van der Waals surface area (Å²) in [6.07, 6.45) is 3.61. The average molecular weight is 460 g/mol. The van der Waals surface area contributed by atoms with E-state index in [0.717, 1.165) is 26.9 Å². The second-order valence-electron chi connectivity index (χ2n) is 7.86. The third-order valence-electron chi connectivity index (χ3n) is 5.60. The number of rotatable bonds is 5. The number of halogens is 2. The van der Waals surface area contributed by atoms with E-state index in [2.05, 4.69) is 5.32 Å². The van der Waals surface area contributed by atoms with Gasteiger partial charge in [0.25, 0.3) is 5.91 Å². The zero-order valence-electron chi connectivity index (χ0n) is 17.5. The Balaban J connectivity index is 1.37. The molecule has 0 unspecified atom stereocenters. The van der Waals surface area contributed by atoms with Crippen molar-refractivity contribution in [3.63, 3.8) is 0 Å². The molecule has 5 nitrogen and oxygen atoms in total. The van der Waals surface area contributed by atoms with Gasteiger partial charge in [-0.1, -0.05) is 48.0 Å². The van der Waals surface area contributed by atoms with Crippen LogP contribution in [0.15, 0.2) is 84.7 Å². The van der Waals surface area contributed by atoms with Crippen LogP contribution in [0.4, 0.5) is 9.18 Å². The molecule has 1 N–H and O–H groups in total. The molecule has 33 heavy (non-hydrogen) atoms. The van der Waals surface area contributed by atoms with Gasteiger partial charge >= 0.3 is 6.03 Å². The number of benzene rings is 3. The predicted molar refractivity (Wildman–Crippen MR) is 126 cm³/mol. The fourth-order valence-corrected chi connectivity index (χ4v) is 4.15. The maximum atomic E-state index is 13.5. The van der Waals surface area contributed by atoms with E-state index >= 15 is 0 Å². The predicted octanol–water partition coefficient (Wildman–Crippen LogP) is 5.58. The van der Waals surface area contributed by atoms with Crippen LogP contribution in [0.2, 0.25) is 5.02 Å². The molecular formula is C26H19ClFN3O2. The Morgan fingerprint density at radius 3 is 2.61 bits per heavy atom. The lowest BCUT2D eigenvalue weighted by Gasteiger charge is -2.12. The Labute approximate surface area is 194 Å². The lowest BCUT2D eigenvalue weighted by atomic mass is 10.1. The van der Waals surface area contributed by atoms with E-state index in [1.54, 1.807) is 30.3 Å². The molecular weight excluding hydrogens is 441 g/mol. The molecule has 1 saturated heterocycles. The first-order valence-corrected chi connectivity index (χ1v) is 10.8. The molecule has 7 heteroatoms. The number of carbonyl (C=O) groups excluding carboxylic acids is 2. The van der Waals surface area contributed by atoms with Gasteiger partial charge in [0.2, 0.25) is 0 Å². The van der Waals surface area contributed by atoms with Gasteiger partial charge in [-0.2, -0.15) is 0 Å². The van der Waals surface area contributed by atoms with Gasteiger partial charge in [-0.3, -0.25) is 9.69 Å². The summed E-state index contributed by atoms with van der Waals surface area (Å²) in [6.45, 7) is 0.650. The molecule has 3 amide bonds. The van der Waals surface area contributed by atoms with E-state index in [0.29, 0.717) is 17.1 Å². The summed E-state index contributed by atoms with van der Waals surface area (Å²) in [5.74, 6) is -0.659. The number of fused-ring (bicyclic) bond motifs is 1. The molecule has 1 fully saturated rings. The van der Waals surface area contributed by atoms with Gasteiger partial charge < -0.3 is 9.88 Å². The molecule has 4 aromatic rings. The van der Waals surface area contributed by atoms with E-state index < -0.39 is 11.9 Å². The van der Waals surface area contributed by atoms with Crippen molar-refractivity contribution in [2.24, 2.45) is 0 Å². The van der Waals surface area contributed by atoms with Crippen molar-refractivity contribution >= 4 is 40.5 Å². The lowest BCUT2D eigenvalue weighted by Crippen LogP contribution is -2.30. The van der Waals surface area contributed by atoms with Crippen molar-refractivity contribution in [3.8, 4) is 0 Å². The van der Waals surface area contributed by atoms with Crippen LogP contribution >= 0.6 is 11.6 Å². The summed E-state index contributed by atoms with van der Waals surface area (Å²) >= 11 is 6.18. The average Bonchev–Trinajstić information content (AvgIpc) is 3.30. The maximum absolute atomic E-state index is 13.5. The van der Waals surface area contributed by atoms with Crippen LogP contribution in [-0.4, -0.2) is 21.4 Å². The Morgan fingerprint density at radius 2 is 1.79 bits per heavy atom. The summed E-state index contributed by atoms with van der Waals surface area (Å²) in [5.41, 5.74) is 3.56. The minimum Gasteiger partial charge on any atom is -0.343 e. The summed E-state index contributed by atoms with van der Waals surface area (Å²) in [7, 11) is 0. The number of nitrogens with zero attached hydrogens (tertiary/aromatic N) is 2. The second kappa shape index (κ2) is 8.56. The third-order valence-corrected chi connectivity index (χ3v) is 5.97. The summed E-state index contributed by atoms with van der Waals surface area (Å²) in [4.78, 5) is 26.4. The Hall–Kier alpha value is -3.90. The fraction of sp³-hybridized carbons (Fsp3) is 0.0769. The standard InChI is InChI=1S/C26H19ClFN3O2/c27-22-7-2-1-5-20(22)16-31-25(32)23(29-26(31)33)14-17-8-9-24-19(12-17)10-11-30(24)15-18-4-3-6-21(28)13-18/h1-14H,15-16H2,(H,29,33)/b23-14+. The SMILES string of the molecule is O=C1N/C(=C/c2ccc3c(ccn3Cc3cccc(F)c3)c2)C(=O)N1Cc1ccccc1Cl. The van der Waals surface area contributed by atoms with Crippen LogP contribution in [-0.2, 0) is 17.9 Å². The topological polar surface area (TPSA) is 54.3 Å². The minimum atomic E-state index is -0.478. The van der Waals surface area contributed by atoms with Crippen molar-refractivity contribution < 1.29 is 14.0 Å². The van der Waals surface area contributed by atoms with Gasteiger partial charge in [0.05, 0.1) is 6.54 Å². The van der Waals surface area contributed by atoms with Crippen molar-refractivity contribution in [1.29, 1.82) is 0 Å². The smallest absolute Gasteiger partial charge is 0.329 e. The second-order valence-corrected chi connectivity index (χ2v) is 8.27. The first kappa shape index (κ1) is 21.0. The Morgan fingerprint density at radius 1 is 0.939 bits per heavy atom. The highest BCUT2D eigenvalue weighted by molar-refractivity contribution is 6.31. The highest BCUT2D eigenvalue weighted by Crippen LogP contribution is 2.24. The monoisotopic (exact) mass is 459 g/mol. The zero-order chi connectivity index (χ0) is 22.9. The normalized spacial score (nSPS) is 15.0. The van der Waals surface area contributed by atoms with Gasteiger partial charge in [-0.05, 0) is 59.2 Å². The molecule has 164 valence electrons. The number of amides is 3. The van der Waals surface area contributed by atoms with Gasteiger partial charge in [0.15, 0.2) is 0 Å². The fourth-order valence-electron chi connectivity index (χ4n) is 3.96. The maximum Gasteiger partial charge on any atom is 0.329 e. The third kappa shape index (κ3) is 4.25. The molecule has 0 aliphatic carbocycles. The minimum absolute atomic E-state index is 0.101. The number of imide groups is 1. The van der Waals surface area contributed by atoms with E-state index in [-0.39, 0.29) is 18.1 Å². The number of nitrogens with one attached hydrogen (secondary N) is 1. The first-order valence-electron chi connectivity index (χ1n) is 10.4. The molecule has 0 bridgehead atoms. The van der Waals surface area contributed by atoms with Crippen LogP contribution < -0.4 is 5.32 Å². The van der Waals surface area contributed by atoms with Gasteiger partial charge in [-0.25, -0.2) is 9.18 Å². The van der Waals surface area contributed by atoms with Crippen LogP contribution in [0.1, 0.15) is 16.7 Å². The highest BCUT2D eigenvalue weighted by Gasteiger charge is 2.33. The summed E-state index contributed by atoms with van der Waals surface area (Å²) in [6, 6.07) is 20.9. The largest absolute Gasteiger partial charge is 0.343 e.